The Morgan fingerprint density at radius 2 is 1.78 bits per heavy atom. The molecule has 180 valence electrons. The Labute approximate surface area is 186 Å². The van der Waals surface area contributed by atoms with Crippen LogP contribution in [0, 0.1) is 0 Å². The number of urea groups is 1. The van der Waals surface area contributed by atoms with E-state index in [-0.39, 0.29) is 25.2 Å². The molecule has 1 aliphatic carbocycles. The van der Waals surface area contributed by atoms with Crippen molar-refractivity contribution in [3.63, 3.8) is 0 Å². The van der Waals surface area contributed by atoms with Crippen LogP contribution >= 0.6 is 0 Å². The van der Waals surface area contributed by atoms with E-state index in [1.807, 2.05) is 0 Å². The first-order valence-corrected chi connectivity index (χ1v) is 12.6. The number of ether oxygens (including phenoxy) is 1. The molecule has 7 nitrogen and oxygen atoms in total. The van der Waals surface area contributed by atoms with Gasteiger partial charge in [0, 0.05) is 19.6 Å². The lowest BCUT2D eigenvalue weighted by Crippen LogP contribution is -2.61. The van der Waals surface area contributed by atoms with E-state index < -0.39 is 27.5 Å². The van der Waals surface area contributed by atoms with Gasteiger partial charge in [0.2, 0.25) is 10.0 Å². The summed E-state index contributed by atoms with van der Waals surface area (Å²) in [5.74, 6) is -0.147. The molecule has 0 atom stereocenters. The summed E-state index contributed by atoms with van der Waals surface area (Å²) in [5, 5.41) is 2.70. The van der Waals surface area contributed by atoms with E-state index >= 15 is 0 Å². The van der Waals surface area contributed by atoms with Gasteiger partial charge in [-0.15, -0.1) is 0 Å². The molecule has 2 amide bonds. The molecule has 2 aliphatic rings. The zero-order chi connectivity index (χ0) is 23.6. The lowest BCUT2D eigenvalue weighted by atomic mass is 9.72. The Balaban J connectivity index is 1.68. The standard InChI is InChI=1S/C21H30F3N3O4S/c1-3-27(32(2,29)30)20(31-15-25-19(28)26-11-5-4-6-12-26)13-17(14-20)16-7-9-18(10-8-16)21(22,23)24/h7-10,17H,3-6,11-15H2,1-2H3,(H,25,28). The number of carbonyl (C=O) groups excluding carboxylic acids is 1. The lowest BCUT2D eigenvalue weighted by molar-refractivity contribution is -0.181. The molecule has 0 spiro atoms. The van der Waals surface area contributed by atoms with Crippen LogP contribution in [0.5, 0.6) is 0 Å². The Morgan fingerprint density at radius 1 is 1.19 bits per heavy atom. The number of likely N-dealkylation sites (tertiary alicyclic amines) is 1. The summed E-state index contributed by atoms with van der Waals surface area (Å²) in [5.41, 5.74) is -1.18. The minimum Gasteiger partial charge on any atom is -0.339 e. The van der Waals surface area contributed by atoms with E-state index in [9.17, 15) is 26.4 Å². The molecule has 0 unspecified atom stereocenters. The monoisotopic (exact) mass is 477 g/mol. The summed E-state index contributed by atoms with van der Waals surface area (Å²) < 4.78 is 70.4. The summed E-state index contributed by atoms with van der Waals surface area (Å²) in [6, 6.07) is 4.66. The van der Waals surface area contributed by atoms with Crippen LogP contribution in [0.3, 0.4) is 0 Å². The third-order valence-corrected chi connectivity index (χ3v) is 7.58. The second-order valence-electron chi connectivity index (χ2n) is 8.42. The van der Waals surface area contributed by atoms with Crippen LogP contribution in [0.25, 0.3) is 0 Å². The number of alkyl halides is 3. The van der Waals surface area contributed by atoms with Gasteiger partial charge < -0.3 is 15.0 Å². The van der Waals surface area contributed by atoms with E-state index in [2.05, 4.69) is 5.32 Å². The maximum Gasteiger partial charge on any atom is 0.416 e. The van der Waals surface area contributed by atoms with Gasteiger partial charge in [-0.3, -0.25) is 0 Å². The van der Waals surface area contributed by atoms with Crippen LogP contribution in [0.15, 0.2) is 24.3 Å². The zero-order valence-corrected chi connectivity index (χ0v) is 19.1. The highest BCUT2D eigenvalue weighted by atomic mass is 32.2. The first kappa shape index (κ1) is 24.8. The highest BCUT2D eigenvalue weighted by Gasteiger charge is 2.53. The Kier molecular flexibility index (Phi) is 7.41. The van der Waals surface area contributed by atoms with Gasteiger partial charge >= 0.3 is 12.2 Å². The number of halogens is 3. The maximum atomic E-state index is 12.8. The highest BCUT2D eigenvalue weighted by molar-refractivity contribution is 7.88. The minimum absolute atomic E-state index is 0.147. The fourth-order valence-corrected chi connectivity index (χ4v) is 5.82. The maximum absolute atomic E-state index is 12.8. The van der Waals surface area contributed by atoms with Crippen molar-refractivity contribution in [2.24, 2.45) is 0 Å². The second-order valence-corrected chi connectivity index (χ2v) is 10.3. The fraction of sp³-hybridized carbons (Fsp3) is 0.667. The molecular formula is C21H30F3N3O4S. The van der Waals surface area contributed by atoms with Crippen molar-refractivity contribution in [2.45, 2.75) is 56.8 Å². The molecule has 1 saturated carbocycles. The zero-order valence-electron chi connectivity index (χ0n) is 18.3. The van der Waals surface area contributed by atoms with Gasteiger partial charge in [-0.05, 0) is 55.7 Å². The number of sulfonamides is 1. The molecule has 0 aromatic heterocycles. The average Bonchev–Trinajstić information content (AvgIpc) is 2.70. The Morgan fingerprint density at radius 3 is 2.28 bits per heavy atom. The van der Waals surface area contributed by atoms with E-state index in [1.165, 1.54) is 16.4 Å². The smallest absolute Gasteiger partial charge is 0.339 e. The van der Waals surface area contributed by atoms with Crippen LogP contribution in [0.2, 0.25) is 0 Å². The Hall–Kier alpha value is -1.85. The van der Waals surface area contributed by atoms with Crippen molar-refractivity contribution >= 4 is 16.1 Å². The van der Waals surface area contributed by atoms with E-state index in [4.69, 9.17) is 4.74 Å². The number of nitrogens with one attached hydrogen (secondary N) is 1. The molecule has 3 rings (SSSR count). The largest absolute Gasteiger partial charge is 0.416 e. The van der Waals surface area contributed by atoms with Crippen molar-refractivity contribution in [1.29, 1.82) is 0 Å². The van der Waals surface area contributed by atoms with Gasteiger partial charge in [0.05, 0.1) is 11.8 Å². The molecule has 0 bridgehead atoms. The summed E-state index contributed by atoms with van der Waals surface area (Å²) in [6.07, 6.45) is 0.258. The molecule has 0 radical (unpaired) electrons. The van der Waals surface area contributed by atoms with E-state index in [1.54, 1.807) is 11.8 Å². The summed E-state index contributed by atoms with van der Waals surface area (Å²) in [7, 11) is -3.60. The Bertz CT molecular complexity index is 894. The number of nitrogens with zero attached hydrogens (tertiary/aromatic N) is 2. The topological polar surface area (TPSA) is 79.0 Å². The fourth-order valence-electron chi connectivity index (χ4n) is 4.55. The minimum atomic E-state index is -4.41. The molecule has 1 heterocycles. The molecule has 1 saturated heterocycles. The number of hydrogen-bond donors (Lipinski definition) is 1. The first-order valence-electron chi connectivity index (χ1n) is 10.8. The number of carbonyl (C=O) groups is 1. The van der Waals surface area contributed by atoms with E-state index in [0.29, 0.717) is 31.5 Å². The quantitative estimate of drug-likeness (QED) is 0.607. The summed E-state index contributed by atoms with van der Waals surface area (Å²) in [4.78, 5) is 14.0. The van der Waals surface area contributed by atoms with Crippen LogP contribution in [-0.4, -0.2) is 62.0 Å². The van der Waals surface area contributed by atoms with Crippen LogP contribution in [0.1, 0.15) is 56.1 Å². The molecule has 2 fully saturated rings. The predicted octanol–water partition coefficient (Wildman–Crippen LogP) is 3.73. The predicted molar refractivity (Wildman–Crippen MR) is 113 cm³/mol. The normalized spacial score (nSPS) is 24.3. The molecule has 1 aliphatic heterocycles. The molecule has 11 heteroatoms. The number of hydrogen-bond acceptors (Lipinski definition) is 4. The molecule has 1 aromatic rings. The number of amides is 2. The number of piperidine rings is 1. The van der Waals surface area contributed by atoms with Crippen molar-refractivity contribution in [3.8, 4) is 0 Å². The van der Waals surface area contributed by atoms with Gasteiger partial charge in [0.15, 0.2) is 0 Å². The van der Waals surface area contributed by atoms with Gasteiger partial charge in [0.25, 0.3) is 0 Å². The van der Waals surface area contributed by atoms with Gasteiger partial charge in [0.1, 0.15) is 12.5 Å². The summed E-state index contributed by atoms with van der Waals surface area (Å²) in [6.45, 7) is 3.08. The van der Waals surface area contributed by atoms with Gasteiger partial charge in [-0.1, -0.05) is 19.1 Å². The molecule has 1 aromatic carbocycles. The lowest BCUT2D eigenvalue weighted by Gasteiger charge is -2.52. The van der Waals surface area contributed by atoms with Crippen LogP contribution in [0.4, 0.5) is 18.0 Å². The van der Waals surface area contributed by atoms with Crippen LogP contribution < -0.4 is 5.32 Å². The third-order valence-electron chi connectivity index (χ3n) is 6.19. The molecule has 32 heavy (non-hydrogen) atoms. The molecule has 1 N–H and O–H groups in total. The van der Waals surface area contributed by atoms with Gasteiger partial charge in [-0.2, -0.15) is 17.5 Å². The summed E-state index contributed by atoms with van der Waals surface area (Å²) >= 11 is 0. The van der Waals surface area contributed by atoms with Crippen molar-refractivity contribution in [1.82, 2.24) is 14.5 Å². The van der Waals surface area contributed by atoms with Gasteiger partial charge in [-0.25, -0.2) is 13.2 Å². The average molecular weight is 478 g/mol. The highest BCUT2D eigenvalue weighted by Crippen LogP contribution is 2.50. The van der Waals surface area contributed by atoms with Crippen molar-refractivity contribution < 1.29 is 31.1 Å². The van der Waals surface area contributed by atoms with E-state index in [0.717, 1.165) is 37.7 Å². The number of benzene rings is 1. The first-order chi connectivity index (χ1) is 15.0. The van der Waals surface area contributed by atoms with Crippen LogP contribution in [-0.2, 0) is 20.9 Å². The SMILES string of the molecule is CCN(C1(OCNC(=O)N2CCCCC2)CC(c2ccc(C(F)(F)F)cc2)C1)S(C)(=O)=O. The molecular weight excluding hydrogens is 447 g/mol. The third kappa shape index (κ3) is 5.55. The van der Waals surface area contributed by atoms with Crippen molar-refractivity contribution in [3.05, 3.63) is 35.4 Å². The van der Waals surface area contributed by atoms with Crippen molar-refractivity contribution in [2.75, 3.05) is 32.6 Å². The number of rotatable bonds is 7. The second kappa shape index (κ2) is 9.56.